The average molecular weight is 293 g/mol. The van der Waals surface area contributed by atoms with Crippen molar-refractivity contribution in [2.24, 2.45) is 5.92 Å². The van der Waals surface area contributed by atoms with Crippen molar-refractivity contribution < 1.29 is 0 Å². The lowest BCUT2D eigenvalue weighted by atomic mass is 9.84. The van der Waals surface area contributed by atoms with Crippen LogP contribution in [-0.4, -0.2) is 6.04 Å². The third kappa shape index (κ3) is 3.78. The molecule has 1 aliphatic carbocycles. The maximum atomic E-state index is 3.92. The Kier molecular flexibility index (Phi) is 5.29. The van der Waals surface area contributed by atoms with Gasteiger partial charge in [0.2, 0.25) is 0 Å². The number of nitrogens with one attached hydrogen (secondary N) is 1. The van der Waals surface area contributed by atoms with Crippen LogP contribution in [0, 0.1) is 5.92 Å². The Balaban J connectivity index is 1.79. The highest BCUT2D eigenvalue weighted by molar-refractivity contribution is 5.31. The van der Waals surface area contributed by atoms with E-state index in [9.17, 15) is 0 Å². The van der Waals surface area contributed by atoms with Crippen LogP contribution >= 0.6 is 0 Å². The van der Waals surface area contributed by atoms with Crippen LogP contribution in [0.2, 0.25) is 0 Å². The molecule has 0 unspecified atom stereocenters. The zero-order chi connectivity index (χ0) is 15.2. The summed E-state index contributed by atoms with van der Waals surface area (Å²) >= 11 is 0. The van der Waals surface area contributed by atoms with E-state index in [1.54, 1.807) is 0 Å². The maximum Gasteiger partial charge on any atom is 0.0578 e. The lowest BCUT2D eigenvalue weighted by molar-refractivity contribution is 0.272. The Morgan fingerprint density at radius 2 is 1.27 bits per heavy atom. The van der Waals surface area contributed by atoms with Crippen molar-refractivity contribution in [2.45, 2.75) is 51.1 Å². The molecule has 1 heteroatoms. The van der Waals surface area contributed by atoms with E-state index < -0.39 is 0 Å². The van der Waals surface area contributed by atoms with Crippen molar-refractivity contribution in [3.05, 3.63) is 71.8 Å². The van der Waals surface area contributed by atoms with E-state index in [4.69, 9.17) is 0 Å². The van der Waals surface area contributed by atoms with Crippen LogP contribution < -0.4 is 5.32 Å². The van der Waals surface area contributed by atoms with E-state index in [0.717, 1.165) is 5.92 Å². The molecule has 1 saturated carbocycles. The van der Waals surface area contributed by atoms with Crippen LogP contribution in [0.1, 0.15) is 56.2 Å². The van der Waals surface area contributed by atoms with Gasteiger partial charge in [-0.3, -0.25) is 0 Å². The van der Waals surface area contributed by atoms with Gasteiger partial charge in [0.1, 0.15) is 0 Å². The number of rotatable bonds is 5. The molecule has 22 heavy (non-hydrogen) atoms. The molecule has 0 spiro atoms. The Labute approximate surface area is 134 Å². The minimum Gasteiger partial charge on any atom is -0.303 e. The molecule has 1 nitrogen and oxygen atoms in total. The normalized spacial score (nSPS) is 17.5. The minimum atomic E-state index is 0.291. The Bertz CT molecular complexity index is 503. The van der Waals surface area contributed by atoms with Gasteiger partial charge < -0.3 is 5.32 Å². The monoisotopic (exact) mass is 293 g/mol. The summed E-state index contributed by atoms with van der Waals surface area (Å²) in [6, 6.07) is 22.5. The standard InChI is InChI=1S/C21H27N/c1-17(18-11-5-2-6-12-18)22-21(19-13-7-3-8-14-19)20-15-9-4-10-16-20/h3-4,7-10,13-18,21-22H,2,5-6,11-12H2,1H3/t17-/m0/s1. The summed E-state index contributed by atoms with van der Waals surface area (Å²) in [5, 5.41) is 3.92. The molecule has 1 aliphatic rings. The molecule has 1 N–H and O–H groups in total. The summed E-state index contributed by atoms with van der Waals surface area (Å²) < 4.78 is 0. The first-order chi connectivity index (χ1) is 10.8. The van der Waals surface area contributed by atoms with Gasteiger partial charge in [-0.2, -0.15) is 0 Å². The molecular formula is C21H27N. The van der Waals surface area contributed by atoms with Gasteiger partial charge in [0.25, 0.3) is 0 Å². The van der Waals surface area contributed by atoms with E-state index in [2.05, 4.69) is 72.9 Å². The third-order valence-corrected chi connectivity index (χ3v) is 5.05. The highest BCUT2D eigenvalue weighted by atomic mass is 15.0. The van der Waals surface area contributed by atoms with Gasteiger partial charge in [0.05, 0.1) is 6.04 Å². The van der Waals surface area contributed by atoms with E-state index in [1.165, 1.54) is 43.2 Å². The average Bonchev–Trinajstić information content (AvgIpc) is 2.62. The quantitative estimate of drug-likeness (QED) is 0.785. The summed E-state index contributed by atoms with van der Waals surface area (Å²) in [4.78, 5) is 0. The van der Waals surface area contributed by atoms with E-state index in [0.29, 0.717) is 12.1 Å². The lowest BCUT2D eigenvalue weighted by Crippen LogP contribution is -2.37. The van der Waals surface area contributed by atoms with Gasteiger partial charge in [-0.25, -0.2) is 0 Å². The van der Waals surface area contributed by atoms with Crippen LogP contribution in [0.25, 0.3) is 0 Å². The van der Waals surface area contributed by atoms with Gasteiger partial charge in [-0.15, -0.1) is 0 Å². The first-order valence-electron chi connectivity index (χ1n) is 8.70. The molecule has 116 valence electrons. The van der Waals surface area contributed by atoms with Crippen LogP contribution in [0.15, 0.2) is 60.7 Å². The molecule has 3 rings (SSSR count). The molecule has 1 atom stereocenters. The molecule has 1 fully saturated rings. The van der Waals surface area contributed by atoms with E-state index in [1.807, 2.05) is 0 Å². The molecule has 0 amide bonds. The smallest absolute Gasteiger partial charge is 0.0578 e. The molecule has 2 aromatic rings. The summed E-state index contributed by atoms with van der Waals surface area (Å²) in [5.74, 6) is 0.823. The SMILES string of the molecule is C[C@H](NC(c1ccccc1)c1ccccc1)C1CCCCC1. The summed E-state index contributed by atoms with van der Waals surface area (Å²) in [7, 11) is 0. The molecule has 0 radical (unpaired) electrons. The van der Waals surface area contributed by atoms with Gasteiger partial charge in [0, 0.05) is 6.04 Å². The van der Waals surface area contributed by atoms with Crippen molar-refractivity contribution in [1.29, 1.82) is 0 Å². The third-order valence-electron chi connectivity index (χ3n) is 5.05. The molecule has 2 aromatic carbocycles. The van der Waals surface area contributed by atoms with Crippen LogP contribution in [0.3, 0.4) is 0 Å². The largest absolute Gasteiger partial charge is 0.303 e. The lowest BCUT2D eigenvalue weighted by Gasteiger charge is -2.32. The predicted octanol–water partition coefficient (Wildman–Crippen LogP) is 5.33. The molecule has 0 bridgehead atoms. The van der Waals surface area contributed by atoms with Gasteiger partial charge >= 0.3 is 0 Å². The first kappa shape index (κ1) is 15.3. The predicted molar refractivity (Wildman–Crippen MR) is 93.9 cm³/mol. The highest BCUT2D eigenvalue weighted by Gasteiger charge is 2.23. The first-order valence-corrected chi connectivity index (χ1v) is 8.70. The van der Waals surface area contributed by atoms with Crippen molar-refractivity contribution in [1.82, 2.24) is 5.32 Å². The van der Waals surface area contributed by atoms with Crippen LogP contribution in [0.4, 0.5) is 0 Å². The molecular weight excluding hydrogens is 266 g/mol. The fraction of sp³-hybridized carbons (Fsp3) is 0.429. The second-order valence-electron chi connectivity index (χ2n) is 6.61. The molecule has 0 aliphatic heterocycles. The van der Waals surface area contributed by atoms with E-state index >= 15 is 0 Å². The Hall–Kier alpha value is -1.60. The highest BCUT2D eigenvalue weighted by Crippen LogP contribution is 2.29. The maximum absolute atomic E-state index is 3.92. The summed E-state index contributed by atoms with van der Waals surface area (Å²) in [6.07, 6.45) is 6.98. The van der Waals surface area contributed by atoms with Crippen molar-refractivity contribution in [3.63, 3.8) is 0 Å². The van der Waals surface area contributed by atoms with Crippen molar-refractivity contribution >= 4 is 0 Å². The topological polar surface area (TPSA) is 12.0 Å². The summed E-state index contributed by atoms with van der Waals surface area (Å²) in [5.41, 5.74) is 2.72. The van der Waals surface area contributed by atoms with Gasteiger partial charge in [-0.1, -0.05) is 79.9 Å². The van der Waals surface area contributed by atoms with Crippen LogP contribution in [0.5, 0.6) is 0 Å². The zero-order valence-electron chi connectivity index (χ0n) is 13.5. The molecule has 0 aromatic heterocycles. The number of hydrogen-bond donors (Lipinski definition) is 1. The van der Waals surface area contributed by atoms with Crippen LogP contribution in [-0.2, 0) is 0 Å². The second kappa shape index (κ2) is 7.60. The van der Waals surface area contributed by atoms with E-state index in [-0.39, 0.29) is 0 Å². The van der Waals surface area contributed by atoms with Gasteiger partial charge in [-0.05, 0) is 36.8 Å². The molecule has 0 heterocycles. The fourth-order valence-corrected chi connectivity index (χ4v) is 3.71. The summed E-state index contributed by atoms with van der Waals surface area (Å²) in [6.45, 7) is 2.37. The fourth-order valence-electron chi connectivity index (χ4n) is 3.71. The molecule has 0 saturated heterocycles. The van der Waals surface area contributed by atoms with Gasteiger partial charge in [0.15, 0.2) is 0 Å². The Morgan fingerprint density at radius 1 is 0.773 bits per heavy atom. The minimum absolute atomic E-state index is 0.291. The van der Waals surface area contributed by atoms with Crippen molar-refractivity contribution in [3.8, 4) is 0 Å². The zero-order valence-corrected chi connectivity index (χ0v) is 13.5. The Morgan fingerprint density at radius 3 is 1.77 bits per heavy atom. The number of hydrogen-bond acceptors (Lipinski definition) is 1. The second-order valence-corrected chi connectivity index (χ2v) is 6.61. The van der Waals surface area contributed by atoms with Crippen molar-refractivity contribution in [2.75, 3.05) is 0 Å². The number of benzene rings is 2.